The molecular weight excluding hydrogens is 312 g/mol. The Hall–Kier alpha value is -0.380. The van der Waals surface area contributed by atoms with Crippen LogP contribution in [0, 0.1) is 5.92 Å². The number of benzene rings is 1. The van der Waals surface area contributed by atoms with E-state index in [9.17, 15) is 0 Å². The number of hydrogen-bond acceptors (Lipinski definition) is 2. The van der Waals surface area contributed by atoms with Gasteiger partial charge in [-0.3, -0.25) is 4.90 Å². The van der Waals surface area contributed by atoms with Gasteiger partial charge in [-0.25, -0.2) is 0 Å². The summed E-state index contributed by atoms with van der Waals surface area (Å²) in [7, 11) is 0. The summed E-state index contributed by atoms with van der Waals surface area (Å²) in [6.07, 6.45) is 4.08. The third kappa shape index (κ3) is 4.87. The molecule has 0 bridgehead atoms. The highest BCUT2D eigenvalue weighted by atomic mass is 79.9. The Morgan fingerprint density at radius 3 is 2.90 bits per heavy atom. The average Bonchev–Trinajstić information content (AvgIpc) is 2.64. The van der Waals surface area contributed by atoms with E-state index in [-0.39, 0.29) is 0 Å². The van der Waals surface area contributed by atoms with Gasteiger partial charge in [-0.15, -0.1) is 0 Å². The largest absolute Gasteiger partial charge is 0.313 e. The van der Waals surface area contributed by atoms with Crippen LogP contribution in [0.5, 0.6) is 0 Å². The lowest BCUT2D eigenvalue weighted by Gasteiger charge is -2.21. The summed E-state index contributed by atoms with van der Waals surface area (Å²) in [5, 5.41) is 3.37. The topological polar surface area (TPSA) is 15.3 Å². The summed E-state index contributed by atoms with van der Waals surface area (Å²) >= 11 is 3.74. The summed E-state index contributed by atoms with van der Waals surface area (Å²) in [4.78, 5) is 2.60. The van der Waals surface area contributed by atoms with E-state index in [1.807, 2.05) is 0 Å². The fraction of sp³-hybridized carbons (Fsp3) is 0.647. The van der Waals surface area contributed by atoms with Crippen molar-refractivity contribution in [1.82, 2.24) is 10.2 Å². The molecule has 1 aromatic carbocycles. The first-order chi connectivity index (χ1) is 9.69. The zero-order valence-corrected chi connectivity index (χ0v) is 14.4. The average molecular weight is 339 g/mol. The van der Waals surface area contributed by atoms with Gasteiger partial charge in [0.05, 0.1) is 0 Å². The Bertz CT molecular complexity index is 419. The smallest absolute Gasteiger partial charge is 0.0244 e. The van der Waals surface area contributed by atoms with E-state index in [0.29, 0.717) is 0 Å². The molecule has 1 aromatic rings. The third-order valence-electron chi connectivity index (χ3n) is 4.20. The molecule has 0 aromatic heterocycles. The standard InChI is InChI=1S/C17H27BrN2/c1-3-19-12-15-6-7-16(17(18)11-15)13-20-9-4-5-14(2)8-10-20/h6-7,11,14,19H,3-5,8-10,12-13H2,1-2H3. The van der Waals surface area contributed by atoms with Crippen LogP contribution in [0.25, 0.3) is 0 Å². The van der Waals surface area contributed by atoms with E-state index >= 15 is 0 Å². The van der Waals surface area contributed by atoms with Gasteiger partial charge >= 0.3 is 0 Å². The van der Waals surface area contributed by atoms with Crippen molar-refractivity contribution in [2.45, 2.75) is 46.2 Å². The molecule has 2 nitrogen and oxygen atoms in total. The van der Waals surface area contributed by atoms with Crippen molar-refractivity contribution < 1.29 is 0 Å². The Labute approximate surface area is 132 Å². The Kier molecular flexibility index (Phi) is 6.53. The van der Waals surface area contributed by atoms with E-state index in [0.717, 1.165) is 25.6 Å². The van der Waals surface area contributed by atoms with Gasteiger partial charge in [-0.05, 0) is 62.0 Å². The van der Waals surface area contributed by atoms with Crippen LogP contribution in [-0.4, -0.2) is 24.5 Å². The van der Waals surface area contributed by atoms with Gasteiger partial charge in [0.25, 0.3) is 0 Å². The predicted octanol–water partition coefficient (Wildman–Crippen LogP) is 4.18. The number of hydrogen-bond donors (Lipinski definition) is 1. The van der Waals surface area contributed by atoms with E-state index in [4.69, 9.17) is 0 Å². The number of rotatable bonds is 5. The van der Waals surface area contributed by atoms with Crippen LogP contribution in [0.2, 0.25) is 0 Å². The number of halogens is 1. The molecule has 2 rings (SSSR count). The molecule has 1 aliphatic rings. The van der Waals surface area contributed by atoms with Gasteiger partial charge in [-0.2, -0.15) is 0 Å². The highest BCUT2D eigenvalue weighted by molar-refractivity contribution is 9.10. The molecule has 0 aliphatic carbocycles. The molecule has 1 saturated heterocycles. The molecule has 0 radical (unpaired) electrons. The van der Waals surface area contributed by atoms with Crippen molar-refractivity contribution in [3.05, 3.63) is 33.8 Å². The second-order valence-corrected chi connectivity index (χ2v) is 6.87. The van der Waals surface area contributed by atoms with Gasteiger partial charge in [0.15, 0.2) is 0 Å². The van der Waals surface area contributed by atoms with Crippen LogP contribution in [0.4, 0.5) is 0 Å². The summed E-state index contributed by atoms with van der Waals surface area (Å²) in [5.41, 5.74) is 2.77. The highest BCUT2D eigenvalue weighted by Gasteiger charge is 2.14. The Morgan fingerprint density at radius 2 is 2.15 bits per heavy atom. The number of nitrogens with one attached hydrogen (secondary N) is 1. The van der Waals surface area contributed by atoms with Gasteiger partial charge < -0.3 is 5.32 Å². The third-order valence-corrected chi connectivity index (χ3v) is 4.94. The maximum atomic E-state index is 3.74. The van der Waals surface area contributed by atoms with Crippen LogP contribution in [-0.2, 0) is 13.1 Å². The molecule has 1 atom stereocenters. The van der Waals surface area contributed by atoms with Crippen molar-refractivity contribution in [1.29, 1.82) is 0 Å². The van der Waals surface area contributed by atoms with Crippen molar-refractivity contribution >= 4 is 15.9 Å². The summed E-state index contributed by atoms with van der Waals surface area (Å²) in [5.74, 6) is 0.894. The lowest BCUT2D eigenvalue weighted by Crippen LogP contribution is -2.24. The fourth-order valence-corrected chi connectivity index (χ4v) is 3.37. The Morgan fingerprint density at radius 1 is 1.30 bits per heavy atom. The SMILES string of the molecule is CCNCc1ccc(CN2CCCC(C)CC2)c(Br)c1. The van der Waals surface area contributed by atoms with E-state index < -0.39 is 0 Å². The highest BCUT2D eigenvalue weighted by Crippen LogP contribution is 2.23. The van der Waals surface area contributed by atoms with Gasteiger partial charge in [-0.1, -0.05) is 41.9 Å². The summed E-state index contributed by atoms with van der Waals surface area (Å²) < 4.78 is 1.25. The van der Waals surface area contributed by atoms with E-state index in [1.165, 1.54) is 48.0 Å². The molecule has 112 valence electrons. The fourth-order valence-electron chi connectivity index (χ4n) is 2.82. The van der Waals surface area contributed by atoms with Crippen molar-refractivity contribution in [3.8, 4) is 0 Å². The molecule has 1 N–H and O–H groups in total. The molecule has 0 saturated carbocycles. The minimum absolute atomic E-state index is 0.894. The molecule has 3 heteroatoms. The second kappa shape index (κ2) is 8.16. The van der Waals surface area contributed by atoms with E-state index in [2.05, 4.69) is 58.2 Å². The van der Waals surface area contributed by atoms with Gasteiger partial charge in [0.2, 0.25) is 0 Å². The number of likely N-dealkylation sites (tertiary alicyclic amines) is 1. The van der Waals surface area contributed by atoms with Gasteiger partial charge in [0, 0.05) is 17.6 Å². The number of nitrogens with zero attached hydrogens (tertiary/aromatic N) is 1. The van der Waals surface area contributed by atoms with Crippen LogP contribution < -0.4 is 5.32 Å². The molecular formula is C17H27BrN2. The zero-order chi connectivity index (χ0) is 14.4. The van der Waals surface area contributed by atoms with Crippen molar-refractivity contribution in [2.24, 2.45) is 5.92 Å². The molecule has 1 aliphatic heterocycles. The maximum absolute atomic E-state index is 3.74. The molecule has 1 heterocycles. The van der Waals surface area contributed by atoms with Crippen LogP contribution in [0.15, 0.2) is 22.7 Å². The molecule has 1 fully saturated rings. The van der Waals surface area contributed by atoms with E-state index in [1.54, 1.807) is 0 Å². The first kappa shape index (κ1) is 16.0. The maximum Gasteiger partial charge on any atom is 0.0244 e. The molecule has 20 heavy (non-hydrogen) atoms. The summed E-state index contributed by atoms with van der Waals surface area (Å²) in [6, 6.07) is 6.80. The van der Waals surface area contributed by atoms with Crippen molar-refractivity contribution in [2.75, 3.05) is 19.6 Å². The minimum atomic E-state index is 0.894. The normalized spacial score (nSPS) is 20.9. The van der Waals surface area contributed by atoms with Crippen molar-refractivity contribution in [3.63, 3.8) is 0 Å². The summed E-state index contributed by atoms with van der Waals surface area (Å²) in [6.45, 7) is 10.1. The minimum Gasteiger partial charge on any atom is -0.313 e. The van der Waals surface area contributed by atoms with Crippen LogP contribution in [0.1, 0.15) is 44.2 Å². The first-order valence-corrected chi connectivity index (χ1v) is 8.68. The van der Waals surface area contributed by atoms with Crippen LogP contribution in [0.3, 0.4) is 0 Å². The van der Waals surface area contributed by atoms with Crippen LogP contribution >= 0.6 is 15.9 Å². The van der Waals surface area contributed by atoms with Gasteiger partial charge in [0.1, 0.15) is 0 Å². The second-order valence-electron chi connectivity index (χ2n) is 6.02. The predicted molar refractivity (Wildman–Crippen MR) is 89.8 cm³/mol. The molecule has 0 amide bonds. The zero-order valence-electron chi connectivity index (χ0n) is 12.8. The lowest BCUT2D eigenvalue weighted by molar-refractivity contribution is 0.273. The monoisotopic (exact) mass is 338 g/mol. The Balaban J connectivity index is 1.95. The molecule has 1 unspecified atom stereocenters. The lowest BCUT2D eigenvalue weighted by atomic mass is 10.0. The molecule has 0 spiro atoms. The first-order valence-electron chi connectivity index (χ1n) is 7.89. The quantitative estimate of drug-likeness (QED) is 0.866.